The topological polar surface area (TPSA) is 58.2 Å². The minimum absolute atomic E-state index is 0.226. The summed E-state index contributed by atoms with van der Waals surface area (Å²) >= 11 is 0. The fraction of sp³-hybridized carbons (Fsp3) is 0.636. The van der Waals surface area contributed by atoms with E-state index in [4.69, 9.17) is 4.74 Å². The zero-order valence-corrected chi connectivity index (χ0v) is 9.48. The van der Waals surface area contributed by atoms with Gasteiger partial charge in [-0.05, 0) is 32.9 Å². The molecule has 0 bridgehead atoms. The van der Waals surface area contributed by atoms with Gasteiger partial charge in [0.15, 0.2) is 0 Å². The van der Waals surface area contributed by atoms with Crippen LogP contribution in [0.2, 0.25) is 0 Å². The van der Waals surface area contributed by atoms with Crippen LogP contribution in [0.1, 0.15) is 19.3 Å². The van der Waals surface area contributed by atoms with Crippen molar-refractivity contribution in [1.82, 2.24) is 15.1 Å². The van der Waals surface area contributed by atoms with Gasteiger partial charge in [0, 0.05) is 12.1 Å². The molecule has 1 saturated heterocycles. The Morgan fingerprint density at radius 1 is 1.69 bits per heavy atom. The molecule has 1 unspecified atom stereocenters. The maximum atomic E-state index is 11.0. The number of aromatic amines is 1. The Balaban J connectivity index is 1.77. The second kappa shape index (κ2) is 5.12. The lowest BCUT2D eigenvalue weighted by atomic mass is 10.1. The minimum Gasteiger partial charge on any atom is -0.492 e. The molecule has 5 nitrogen and oxygen atoms in total. The van der Waals surface area contributed by atoms with E-state index in [1.54, 1.807) is 0 Å². The maximum absolute atomic E-state index is 11.0. The summed E-state index contributed by atoms with van der Waals surface area (Å²) in [6, 6.07) is 2.04. The van der Waals surface area contributed by atoms with Crippen molar-refractivity contribution in [2.45, 2.75) is 25.3 Å². The molecule has 2 rings (SSSR count). The van der Waals surface area contributed by atoms with E-state index in [0.29, 0.717) is 18.4 Å². The van der Waals surface area contributed by atoms with E-state index in [-0.39, 0.29) is 5.56 Å². The number of H-pyrrole nitrogens is 1. The van der Waals surface area contributed by atoms with Crippen molar-refractivity contribution < 1.29 is 4.74 Å². The van der Waals surface area contributed by atoms with Gasteiger partial charge in [-0.3, -0.25) is 4.79 Å². The zero-order valence-electron chi connectivity index (χ0n) is 9.48. The maximum Gasteiger partial charge on any atom is 0.267 e. The van der Waals surface area contributed by atoms with Gasteiger partial charge in [-0.2, -0.15) is 5.10 Å². The van der Waals surface area contributed by atoms with E-state index in [1.165, 1.54) is 31.6 Å². The zero-order chi connectivity index (χ0) is 11.4. The van der Waals surface area contributed by atoms with Crippen LogP contribution in [0.4, 0.5) is 0 Å². The van der Waals surface area contributed by atoms with Gasteiger partial charge in [-0.15, -0.1) is 0 Å². The summed E-state index contributed by atoms with van der Waals surface area (Å²) in [6.07, 6.45) is 5.05. The van der Waals surface area contributed by atoms with Crippen LogP contribution < -0.4 is 10.3 Å². The molecule has 0 amide bonds. The summed E-state index contributed by atoms with van der Waals surface area (Å²) < 4.78 is 5.49. The van der Waals surface area contributed by atoms with Gasteiger partial charge in [-0.1, -0.05) is 0 Å². The predicted octanol–water partition coefficient (Wildman–Crippen LogP) is 0.633. The summed E-state index contributed by atoms with van der Waals surface area (Å²) in [5.74, 6) is 0.546. The molecule has 0 radical (unpaired) electrons. The number of likely N-dealkylation sites (tertiary alicyclic amines) is 1. The van der Waals surface area contributed by atoms with E-state index in [0.717, 1.165) is 6.42 Å². The third-order valence-corrected chi connectivity index (χ3v) is 3.03. The highest BCUT2D eigenvalue weighted by molar-refractivity contribution is 5.12. The summed E-state index contributed by atoms with van der Waals surface area (Å²) in [5.41, 5.74) is -0.226. The predicted molar refractivity (Wildman–Crippen MR) is 60.6 cm³/mol. The molecule has 1 aliphatic rings. The molecule has 0 aromatic carbocycles. The summed E-state index contributed by atoms with van der Waals surface area (Å²) in [4.78, 5) is 13.3. The average molecular weight is 223 g/mol. The lowest BCUT2D eigenvalue weighted by Gasteiger charge is -2.19. The quantitative estimate of drug-likeness (QED) is 0.813. The lowest BCUT2D eigenvalue weighted by Crippen LogP contribution is -2.26. The highest BCUT2D eigenvalue weighted by atomic mass is 16.5. The van der Waals surface area contributed by atoms with E-state index in [2.05, 4.69) is 22.1 Å². The smallest absolute Gasteiger partial charge is 0.267 e. The normalized spacial score (nSPS) is 21.2. The first-order chi connectivity index (χ1) is 7.75. The number of aromatic nitrogens is 2. The van der Waals surface area contributed by atoms with Crippen LogP contribution >= 0.6 is 0 Å². The molecule has 1 fully saturated rings. The second-order valence-electron chi connectivity index (χ2n) is 4.19. The van der Waals surface area contributed by atoms with Crippen LogP contribution in [0.3, 0.4) is 0 Å². The molecule has 1 aliphatic heterocycles. The molecule has 1 aromatic heterocycles. The van der Waals surface area contributed by atoms with E-state index in [9.17, 15) is 4.79 Å². The van der Waals surface area contributed by atoms with Crippen LogP contribution in [0.25, 0.3) is 0 Å². The molecule has 0 spiro atoms. The fourth-order valence-electron chi connectivity index (χ4n) is 2.09. The van der Waals surface area contributed by atoms with Gasteiger partial charge in [0.25, 0.3) is 5.56 Å². The Labute approximate surface area is 94.4 Å². The van der Waals surface area contributed by atoms with E-state index >= 15 is 0 Å². The van der Waals surface area contributed by atoms with E-state index in [1.807, 2.05) is 0 Å². The molecule has 16 heavy (non-hydrogen) atoms. The first-order valence-corrected chi connectivity index (χ1v) is 5.63. The Morgan fingerprint density at radius 2 is 2.56 bits per heavy atom. The molecule has 5 heteroatoms. The molecule has 1 aromatic rings. The van der Waals surface area contributed by atoms with Crippen molar-refractivity contribution in [2.24, 2.45) is 0 Å². The van der Waals surface area contributed by atoms with Crippen molar-refractivity contribution in [1.29, 1.82) is 0 Å². The first kappa shape index (κ1) is 11.1. The molecule has 1 atom stereocenters. The van der Waals surface area contributed by atoms with Crippen LogP contribution in [0.5, 0.6) is 5.75 Å². The number of hydrogen-bond acceptors (Lipinski definition) is 4. The van der Waals surface area contributed by atoms with Gasteiger partial charge < -0.3 is 9.64 Å². The number of nitrogens with zero attached hydrogens (tertiary/aromatic N) is 2. The van der Waals surface area contributed by atoms with Crippen LogP contribution in [-0.2, 0) is 0 Å². The van der Waals surface area contributed by atoms with Gasteiger partial charge in [0.2, 0.25) is 0 Å². The largest absolute Gasteiger partial charge is 0.492 e. The lowest BCUT2D eigenvalue weighted by molar-refractivity contribution is 0.232. The number of ether oxygens (including phenoxy) is 1. The van der Waals surface area contributed by atoms with E-state index < -0.39 is 0 Å². The van der Waals surface area contributed by atoms with Crippen molar-refractivity contribution >= 4 is 0 Å². The highest BCUT2D eigenvalue weighted by Gasteiger charge is 2.20. The molecule has 0 saturated carbocycles. The highest BCUT2D eigenvalue weighted by Crippen LogP contribution is 2.17. The van der Waals surface area contributed by atoms with Crippen molar-refractivity contribution in [2.75, 3.05) is 20.2 Å². The Bertz CT molecular complexity index is 391. The Morgan fingerprint density at radius 3 is 3.25 bits per heavy atom. The third-order valence-electron chi connectivity index (χ3n) is 3.03. The fourth-order valence-corrected chi connectivity index (χ4v) is 2.09. The SMILES string of the molecule is CN1CCCC1CCOc1cn[nH]c(=O)c1. The van der Waals surface area contributed by atoms with Gasteiger partial charge in [-0.25, -0.2) is 5.10 Å². The summed E-state index contributed by atoms with van der Waals surface area (Å²) in [7, 11) is 2.15. The summed E-state index contributed by atoms with van der Waals surface area (Å²) in [5, 5.41) is 5.99. The van der Waals surface area contributed by atoms with Crippen LogP contribution in [0.15, 0.2) is 17.1 Å². The average Bonchev–Trinajstić information content (AvgIpc) is 2.65. The molecular formula is C11H17N3O2. The van der Waals surface area contributed by atoms with Gasteiger partial charge in [0.05, 0.1) is 12.8 Å². The number of hydrogen-bond donors (Lipinski definition) is 1. The minimum atomic E-state index is -0.226. The molecule has 2 heterocycles. The van der Waals surface area contributed by atoms with Crippen LogP contribution in [-0.4, -0.2) is 41.3 Å². The number of rotatable bonds is 4. The van der Waals surface area contributed by atoms with Crippen LogP contribution in [0, 0.1) is 0 Å². The van der Waals surface area contributed by atoms with Crippen molar-refractivity contribution in [3.05, 3.63) is 22.6 Å². The molecule has 0 aliphatic carbocycles. The molecule has 1 N–H and O–H groups in total. The van der Waals surface area contributed by atoms with Gasteiger partial charge >= 0.3 is 0 Å². The van der Waals surface area contributed by atoms with Crippen molar-refractivity contribution in [3.63, 3.8) is 0 Å². The number of nitrogens with one attached hydrogen (secondary N) is 1. The standard InChI is InChI=1S/C11H17N3O2/c1-14-5-2-3-9(14)4-6-16-10-7-11(15)13-12-8-10/h7-9H,2-6H2,1H3,(H,13,15). The van der Waals surface area contributed by atoms with Crippen molar-refractivity contribution in [3.8, 4) is 5.75 Å². The molecule has 88 valence electrons. The Hall–Kier alpha value is -1.36. The summed E-state index contributed by atoms with van der Waals surface area (Å²) in [6.45, 7) is 1.82. The third kappa shape index (κ3) is 2.82. The molecular weight excluding hydrogens is 206 g/mol. The second-order valence-corrected chi connectivity index (χ2v) is 4.19. The Kier molecular flexibility index (Phi) is 3.56. The first-order valence-electron chi connectivity index (χ1n) is 5.63. The van der Waals surface area contributed by atoms with Gasteiger partial charge in [0.1, 0.15) is 5.75 Å². The monoisotopic (exact) mass is 223 g/mol.